The SMILES string of the molecule is O=C(Nc1cccc(Cl)c1Cl)C1CCN(S(=O)(=O)c2ccc(F)c(F)c2)CC1. The van der Waals surface area contributed by atoms with Crippen LogP contribution in [0.5, 0.6) is 0 Å². The van der Waals surface area contributed by atoms with Gasteiger partial charge in [-0.3, -0.25) is 4.79 Å². The Kier molecular flexibility index (Phi) is 6.24. The van der Waals surface area contributed by atoms with Crippen LogP contribution in [0, 0.1) is 17.6 Å². The second-order valence-electron chi connectivity index (χ2n) is 6.34. The molecular weight excluding hydrogens is 433 g/mol. The number of nitrogens with zero attached hydrogens (tertiary/aromatic N) is 1. The zero-order valence-corrected chi connectivity index (χ0v) is 16.8. The fourth-order valence-electron chi connectivity index (χ4n) is 2.98. The van der Waals surface area contributed by atoms with Crippen LogP contribution in [0.15, 0.2) is 41.3 Å². The zero-order chi connectivity index (χ0) is 20.5. The molecule has 0 unspecified atom stereocenters. The van der Waals surface area contributed by atoms with Gasteiger partial charge in [0.25, 0.3) is 0 Å². The van der Waals surface area contributed by atoms with Crippen molar-refractivity contribution in [3.05, 3.63) is 58.1 Å². The van der Waals surface area contributed by atoms with E-state index < -0.39 is 27.6 Å². The number of rotatable bonds is 4. The second-order valence-corrected chi connectivity index (χ2v) is 9.07. The molecule has 1 amide bonds. The molecule has 1 aliphatic rings. The Labute approximate surface area is 171 Å². The van der Waals surface area contributed by atoms with Crippen molar-refractivity contribution >= 4 is 44.8 Å². The molecule has 0 bridgehead atoms. The molecule has 1 fully saturated rings. The minimum absolute atomic E-state index is 0.0860. The van der Waals surface area contributed by atoms with E-state index in [1.165, 1.54) is 0 Å². The molecule has 0 radical (unpaired) electrons. The van der Waals surface area contributed by atoms with Gasteiger partial charge in [0.15, 0.2) is 11.6 Å². The Morgan fingerprint density at radius 1 is 1.07 bits per heavy atom. The molecule has 0 aromatic heterocycles. The van der Waals surface area contributed by atoms with Crippen LogP contribution >= 0.6 is 23.2 Å². The Bertz CT molecular complexity index is 1010. The van der Waals surface area contributed by atoms with Crippen LogP contribution in [0.2, 0.25) is 10.0 Å². The lowest BCUT2D eigenvalue weighted by Gasteiger charge is -2.30. The molecule has 28 heavy (non-hydrogen) atoms. The van der Waals surface area contributed by atoms with Crippen molar-refractivity contribution in [2.24, 2.45) is 5.92 Å². The summed E-state index contributed by atoms with van der Waals surface area (Å²) in [4.78, 5) is 12.1. The summed E-state index contributed by atoms with van der Waals surface area (Å²) in [5.41, 5.74) is 0.385. The van der Waals surface area contributed by atoms with E-state index in [-0.39, 0.29) is 41.8 Å². The minimum atomic E-state index is -3.97. The normalized spacial score (nSPS) is 16.1. The van der Waals surface area contributed by atoms with Crippen LogP contribution in [0.1, 0.15) is 12.8 Å². The molecule has 10 heteroatoms. The van der Waals surface area contributed by atoms with Crippen molar-refractivity contribution in [1.29, 1.82) is 0 Å². The topological polar surface area (TPSA) is 66.5 Å². The molecule has 1 heterocycles. The Morgan fingerprint density at radius 3 is 2.39 bits per heavy atom. The van der Waals surface area contributed by atoms with E-state index in [1.807, 2.05) is 0 Å². The summed E-state index contributed by atoms with van der Waals surface area (Å²) < 4.78 is 52.8. The molecule has 0 aliphatic carbocycles. The molecule has 1 saturated heterocycles. The predicted molar refractivity (Wildman–Crippen MR) is 103 cm³/mol. The number of hydrogen-bond donors (Lipinski definition) is 1. The first-order chi connectivity index (χ1) is 13.2. The van der Waals surface area contributed by atoms with Crippen molar-refractivity contribution in [3.63, 3.8) is 0 Å². The molecular formula is C18H16Cl2F2N2O3S. The lowest BCUT2D eigenvalue weighted by Crippen LogP contribution is -2.41. The van der Waals surface area contributed by atoms with E-state index in [4.69, 9.17) is 23.2 Å². The maximum absolute atomic E-state index is 13.4. The molecule has 150 valence electrons. The van der Waals surface area contributed by atoms with Gasteiger partial charge in [0, 0.05) is 19.0 Å². The van der Waals surface area contributed by atoms with Crippen LogP contribution < -0.4 is 5.32 Å². The van der Waals surface area contributed by atoms with E-state index in [0.29, 0.717) is 16.8 Å². The largest absolute Gasteiger partial charge is 0.324 e. The molecule has 0 saturated carbocycles. The van der Waals surface area contributed by atoms with Crippen LogP contribution in [0.4, 0.5) is 14.5 Å². The van der Waals surface area contributed by atoms with Gasteiger partial charge in [-0.15, -0.1) is 0 Å². The number of piperidine rings is 1. The molecule has 2 aromatic rings. The molecule has 3 rings (SSSR count). The quantitative estimate of drug-likeness (QED) is 0.757. The van der Waals surface area contributed by atoms with Gasteiger partial charge < -0.3 is 5.32 Å². The number of halogens is 4. The lowest BCUT2D eigenvalue weighted by molar-refractivity contribution is -0.120. The number of amides is 1. The number of anilines is 1. The fourth-order valence-corrected chi connectivity index (χ4v) is 4.81. The smallest absolute Gasteiger partial charge is 0.243 e. The first-order valence-corrected chi connectivity index (χ1v) is 10.6. The van der Waals surface area contributed by atoms with Crippen molar-refractivity contribution in [3.8, 4) is 0 Å². The number of benzene rings is 2. The van der Waals surface area contributed by atoms with Gasteiger partial charge in [-0.25, -0.2) is 17.2 Å². The van der Waals surface area contributed by atoms with Gasteiger partial charge in [-0.05, 0) is 43.2 Å². The average molecular weight is 449 g/mol. The van der Waals surface area contributed by atoms with Crippen LogP contribution in [0.3, 0.4) is 0 Å². The standard InChI is InChI=1S/C18H16Cl2F2N2O3S/c19-13-2-1-3-16(17(13)20)23-18(25)11-6-8-24(9-7-11)28(26,27)12-4-5-14(21)15(22)10-12/h1-5,10-11H,6-9H2,(H,23,25). The molecule has 2 aromatic carbocycles. The third-order valence-corrected chi connectivity index (χ3v) is 7.28. The number of carbonyl (C=O) groups excluding carboxylic acids is 1. The number of hydrogen-bond acceptors (Lipinski definition) is 3. The third-order valence-electron chi connectivity index (χ3n) is 4.56. The van der Waals surface area contributed by atoms with E-state index in [1.54, 1.807) is 18.2 Å². The maximum atomic E-state index is 13.4. The fraction of sp³-hybridized carbons (Fsp3) is 0.278. The third kappa shape index (κ3) is 4.30. The van der Waals surface area contributed by atoms with Crippen molar-refractivity contribution in [1.82, 2.24) is 4.31 Å². The van der Waals surface area contributed by atoms with Crippen molar-refractivity contribution in [2.45, 2.75) is 17.7 Å². The summed E-state index contributed by atoms with van der Waals surface area (Å²) in [5.74, 6) is -3.04. The van der Waals surface area contributed by atoms with Crippen LogP contribution in [-0.2, 0) is 14.8 Å². The van der Waals surface area contributed by atoms with Gasteiger partial charge in [0.1, 0.15) is 0 Å². The molecule has 1 aliphatic heterocycles. The maximum Gasteiger partial charge on any atom is 0.243 e. The van der Waals surface area contributed by atoms with Gasteiger partial charge in [-0.2, -0.15) is 4.31 Å². The summed E-state index contributed by atoms with van der Waals surface area (Å²) in [5, 5.41) is 3.25. The first kappa shape index (κ1) is 21.0. The second kappa shape index (κ2) is 8.32. The summed E-state index contributed by atoms with van der Waals surface area (Å²) >= 11 is 12.0. The molecule has 0 atom stereocenters. The van der Waals surface area contributed by atoms with Crippen molar-refractivity contribution < 1.29 is 22.0 Å². The summed E-state index contributed by atoms with van der Waals surface area (Å²) in [6.45, 7) is 0.172. The number of nitrogens with one attached hydrogen (secondary N) is 1. The van der Waals surface area contributed by atoms with Gasteiger partial charge in [-0.1, -0.05) is 29.3 Å². The first-order valence-electron chi connectivity index (χ1n) is 8.40. The number of sulfonamides is 1. The molecule has 5 nitrogen and oxygen atoms in total. The highest BCUT2D eigenvalue weighted by Gasteiger charge is 2.32. The highest BCUT2D eigenvalue weighted by Crippen LogP contribution is 2.31. The lowest BCUT2D eigenvalue weighted by atomic mass is 9.97. The number of carbonyl (C=O) groups is 1. The van der Waals surface area contributed by atoms with Crippen LogP contribution in [-0.4, -0.2) is 31.7 Å². The van der Waals surface area contributed by atoms with E-state index >= 15 is 0 Å². The average Bonchev–Trinajstić information content (AvgIpc) is 2.67. The van der Waals surface area contributed by atoms with Crippen molar-refractivity contribution in [2.75, 3.05) is 18.4 Å². The summed E-state index contributed by atoms with van der Waals surface area (Å²) in [6.07, 6.45) is 0.569. The van der Waals surface area contributed by atoms with Gasteiger partial charge in [0.05, 0.1) is 20.6 Å². The Morgan fingerprint density at radius 2 is 1.75 bits per heavy atom. The predicted octanol–water partition coefficient (Wildman–Crippen LogP) is 4.31. The van der Waals surface area contributed by atoms with E-state index in [0.717, 1.165) is 16.4 Å². The highest BCUT2D eigenvalue weighted by molar-refractivity contribution is 7.89. The van der Waals surface area contributed by atoms with E-state index in [9.17, 15) is 22.0 Å². The molecule has 0 spiro atoms. The highest BCUT2D eigenvalue weighted by atomic mass is 35.5. The zero-order valence-electron chi connectivity index (χ0n) is 14.5. The molecule has 1 N–H and O–H groups in total. The van der Waals surface area contributed by atoms with E-state index in [2.05, 4.69) is 5.32 Å². The Balaban J connectivity index is 1.65. The summed E-state index contributed by atoms with van der Waals surface area (Å²) in [7, 11) is -3.97. The van der Waals surface area contributed by atoms with Gasteiger partial charge >= 0.3 is 0 Å². The van der Waals surface area contributed by atoms with Crippen LogP contribution in [0.25, 0.3) is 0 Å². The Hall–Kier alpha value is -1.74. The monoisotopic (exact) mass is 448 g/mol. The van der Waals surface area contributed by atoms with Gasteiger partial charge in [0.2, 0.25) is 15.9 Å². The summed E-state index contributed by atoms with van der Waals surface area (Å²) in [6, 6.07) is 7.33. The minimum Gasteiger partial charge on any atom is -0.324 e.